The van der Waals surface area contributed by atoms with Crippen molar-refractivity contribution < 1.29 is 0 Å². The van der Waals surface area contributed by atoms with Gasteiger partial charge in [-0.2, -0.15) is 12.6 Å². The molecule has 0 nitrogen and oxygen atoms in total. The quantitative estimate of drug-likeness (QED) is 0.403. The van der Waals surface area contributed by atoms with E-state index in [9.17, 15) is 0 Å². The lowest BCUT2D eigenvalue weighted by Crippen LogP contribution is -2.11. The third-order valence-electron chi connectivity index (χ3n) is 3.04. The van der Waals surface area contributed by atoms with Crippen molar-refractivity contribution in [3.8, 4) is 0 Å². The van der Waals surface area contributed by atoms with Gasteiger partial charge in [-0.05, 0) is 18.8 Å². The Hall–Kier alpha value is 0.350. The second-order valence-corrected chi connectivity index (χ2v) is 5.31. The van der Waals surface area contributed by atoms with E-state index in [-0.39, 0.29) is 0 Å². The van der Waals surface area contributed by atoms with E-state index in [4.69, 9.17) is 0 Å². The molecule has 0 aliphatic carbocycles. The minimum atomic E-state index is 0.586. The summed E-state index contributed by atoms with van der Waals surface area (Å²) in [6.45, 7) is 6.80. The predicted molar refractivity (Wildman–Crippen MR) is 70.2 cm³/mol. The first-order chi connectivity index (χ1) is 6.72. The van der Waals surface area contributed by atoms with Crippen molar-refractivity contribution in [2.75, 3.05) is 0 Å². The van der Waals surface area contributed by atoms with Crippen molar-refractivity contribution in [2.45, 2.75) is 77.4 Å². The maximum absolute atomic E-state index is 4.59. The van der Waals surface area contributed by atoms with Gasteiger partial charge in [-0.25, -0.2) is 0 Å². The second-order valence-electron chi connectivity index (χ2n) is 4.49. The molecular weight excluding hydrogens is 188 g/mol. The first-order valence-electron chi connectivity index (χ1n) is 6.40. The molecule has 0 amide bonds. The summed E-state index contributed by atoms with van der Waals surface area (Å²) < 4.78 is 0. The van der Waals surface area contributed by atoms with Crippen molar-refractivity contribution in [1.29, 1.82) is 0 Å². The summed E-state index contributed by atoms with van der Waals surface area (Å²) in [6.07, 6.45) is 11.1. The molecule has 1 heteroatoms. The van der Waals surface area contributed by atoms with Crippen LogP contribution in [0.15, 0.2) is 0 Å². The van der Waals surface area contributed by atoms with Gasteiger partial charge < -0.3 is 0 Å². The van der Waals surface area contributed by atoms with Gasteiger partial charge in [0, 0.05) is 5.25 Å². The van der Waals surface area contributed by atoms with Crippen LogP contribution in [0, 0.1) is 5.92 Å². The molecule has 0 N–H and O–H groups in total. The zero-order valence-corrected chi connectivity index (χ0v) is 11.2. The summed E-state index contributed by atoms with van der Waals surface area (Å²) in [7, 11) is 0. The highest BCUT2D eigenvalue weighted by molar-refractivity contribution is 7.80. The zero-order chi connectivity index (χ0) is 10.8. The third-order valence-corrected chi connectivity index (χ3v) is 3.46. The van der Waals surface area contributed by atoms with E-state index in [0.717, 1.165) is 5.92 Å². The average molecular weight is 216 g/mol. The van der Waals surface area contributed by atoms with Crippen LogP contribution in [0.4, 0.5) is 0 Å². The smallest absolute Gasteiger partial charge is 0.00167 e. The number of thiol groups is 1. The Bertz CT molecular complexity index is 110. The Morgan fingerprint density at radius 3 is 1.93 bits per heavy atom. The van der Waals surface area contributed by atoms with Crippen molar-refractivity contribution in [3.05, 3.63) is 0 Å². The summed E-state index contributed by atoms with van der Waals surface area (Å²) in [5, 5.41) is 0.586. The highest BCUT2D eigenvalue weighted by atomic mass is 32.1. The normalized spacial score (nSPS) is 15.4. The molecule has 0 rings (SSSR count). The van der Waals surface area contributed by atoms with Crippen LogP contribution in [-0.4, -0.2) is 5.25 Å². The topological polar surface area (TPSA) is 0 Å². The van der Waals surface area contributed by atoms with E-state index in [0.29, 0.717) is 5.25 Å². The Morgan fingerprint density at radius 2 is 1.43 bits per heavy atom. The molecule has 0 saturated heterocycles. The molecule has 0 aliphatic heterocycles. The third kappa shape index (κ3) is 7.73. The minimum Gasteiger partial charge on any atom is -0.176 e. The summed E-state index contributed by atoms with van der Waals surface area (Å²) >= 11 is 4.59. The second kappa shape index (κ2) is 9.89. The Morgan fingerprint density at radius 1 is 0.857 bits per heavy atom. The van der Waals surface area contributed by atoms with Crippen molar-refractivity contribution in [3.63, 3.8) is 0 Å². The monoisotopic (exact) mass is 216 g/mol. The van der Waals surface area contributed by atoms with Crippen LogP contribution in [-0.2, 0) is 0 Å². The first kappa shape index (κ1) is 14.3. The van der Waals surface area contributed by atoms with Crippen LogP contribution in [0.25, 0.3) is 0 Å². The SMILES string of the molecule is CCCCCCC(CCCC)C(C)S. The maximum Gasteiger partial charge on any atom is 0.00167 e. The molecule has 0 saturated carbocycles. The molecule has 2 unspecified atom stereocenters. The lowest BCUT2D eigenvalue weighted by molar-refractivity contribution is 0.411. The largest absolute Gasteiger partial charge is 0.176 e. The molecule has 0 heterocycles. The van der Waals surface area contributed by atoms with Crippen LogP contribution >= 0.6 is 12.6 Å². The summed E-state index contributed by atoms with van der Waals surface area (Å²) in [5.74, 6) is 0.857. The summed E-state index contributed by atoms with van der Waals surface area (Å²) in [4.78, 5) is 0. The highest BCUT2D eigenvalue weighted by Crippen LogP contribution is 2.23. The molecule has 0 bridgehead atoms. The Kier molecular flexibility index (Phi) is 10.1. The van der Waals surface area contributed by atoms with Crippen LogP contribution in [0.5, 0.6) is 0 Å². The molecule has 0 aromatic rings. The molecular formula is C13H28S. The van der Waals surface area contributed by atoms with E-state index < -0.39 is 0 Å². The molecule has 0 radical (unpaired) electrons. The van der Waals surface area contributed by atoms with E-state index in [1.165, 1.54) is 51.4 Å². The van der Waals surface area contributed by atoms with Crippen LogP contribution in [0.1, 0.15) is 72.1 Å². The number of unbranched alkanes of at least 4 members (excludes halogenated alkanes) is 4. The van der Waals surface area contributed by atoms with Gasteiger partial charge in [0.25, 0.3) is 0 Å². The molecule has 0 aromatic heterocycles. The lowest BCUT2D eigenvalue weighted by Gasteiger charge is -2.19. The average Bonchev–Trinajstić information content (AvgIpc) is 2.16. The van der Waals surface area contributed by atoms with Crippen molar-refractivity contribution >= 4 is 12.6 Å². The Labute approximate surface area is 96.3 Å². The lowest BCUT2D eigenvalue weighted by atomic mass is 9.92. The summed E-state index contributed by atoms with van der Waals surface area (Å²) in [5.41, 5.74) is 0. The van der Waals surface area contributed by atoms with Gasteiger partial charge in [0.2, 0.25) is 0 Å². The standard InChI is InChI=1S/C13H28S/c1-4-6-8-9-11-13(12(3)14)10-7-5-2/h12-14H,4-11H2,1-3H3. The molecule has 0 aliphatic rings. The molecule has 0 spiro atoms. The molecule has 0 aromatic carbocycles. The van der Waals surface area contributed by atoms with Gasteiger partial charge in [-0.15, -0.1) is 0 Å². The predicted octanol–water partition coefficient (Wildman–Crippen LogP) is 5.08. The van der Waals surface area contributed by atoms with Crippen LogP contribution < -0.4 is 0 Å². The van der Waals surface area contributed by atoms with E-state index >= 15 is 0 Å². The van der Waals surface area contributed by atoms with Gasteiger partial charge in [0.1, 0.15) is 0 Å². The van der Waals surface area contributed by atoms with Crippen molar-refractivity contribution in [2.24, 2.45) is 5.92 Å². The first-order valence-corrected chi connectivity index (χ1v) is 6.92. The number of hydrogen-bond donors (Lipinski definition) is 1. The van der Waals surface area contributed by atoms with Gasteiger partial charge in [-0.1, -0.05) is 59.3 Å². The summed E-state index contributed by atoms with van der Waals surface area (Å²) in [6, 6.07) is 0. The zero-order valence-electron chi connectivity index (χ0n) is 10.3. The van der Waals surface area contributed by atoms with Gasteiger partial charge in [0.05, 0.1) is 0 Å². The fourth-order valence-electron chi connectivity index (χ4n) is 1.93. The van der Waals surface area contributed by atoms with Gasteiger partial charge in [-0.3, -0.25) is 0 Å². The van der Waals surface area contributed by atoms with Gasteiger partial charge in [0.15, 0.2) is 0 Å². The van der Waals surface area contributed by atoms with Crippen molar-refractivity contribution in [1.82, 2.24) is 0 Å². The minimum absolute atomic E-state index is 0.586. The molecule has 2 atom stereocenters. The van der Waals surface area contributed by atoms with E-state index in [2.05, 4.69) is 33.4 Å². The van der Waals surface area contributed by atoms with Crippen LogP contribution in [0.3, 0.4) is 0 Å². The number of rotatable bonds is 9. The van der Waals surface area contributed by atoms with Gasteiger partial charge >= 0.3 is 0 Å². The molecule has 0 fully saturated rings. The fraction of sp³-hybridized carbons (Fsp3) is 1.00. The van der Waals surface area contributed by atoms with Crippen LogP contribution in [0.2, 0.25) is 0 Å². The Balaban J connectivity index is 3.52. The number of hydrogen-bond acceptors (Lipinski definition) is 1. The highest BCUT2D eigenvalue weighted by Gasteiger charge is 2.12. The van der Waals surface area contributed by atoms with E-state index in [1.807, 2.05) is 0 Å². The fourth-order valence-corrected chi connectivity index (χ4v) is 2.22. The molecule has 86 valence electrons. The van der Waals surface area contributed by atoms with E-state index in [1.54, 1.807) is 0 Å². The maximum atomic E-state index is 4.59. The molecule has 14 heavy (non-hydrogen) atoms.